The van der Waals surface area contributed by atoms with Crippen molar-refractivity contribution in [1.29, 1.82) is 5.26 Å². The number of H-pyrrole nitrogens is 1. The van der Waals surface area contributed by atoms with Gasteiger partial charge in [0.15, 0.2) is 0 Å². The predicted molar refractivity (Wildman–Crippen MR) is 224 cm³/mol. The van der Waals surface area contributed by atoms with Gasteiger partial charge < -0.3 is 24.8 Å². The molecule has 0 spiro atoms. The van der Waals surface area contributed by atoms with Gasteiger partial charge in [-0.05, 0) is 98.0 Å². The van der Waals surface area contributed by atoms with E-state index in [-0.39, 0.29) is 46.3 Å². The Morgan fingerprint density at radius 2 is 1.43 bits per heavy atom. The Morgan fingerprint density at radius 3 is 2.07 bits per heavy atom. The molecule has 3 amide bonds. The number of fused-ring (bicyclic) bond motifs is 1. The van der Waals surface area contributed by atoms with Gasteiger partial charge in [0.1, 0.15) is 11.9 Å². The maximum Gasteiger partial charge on any atom is 0.266 e. The fourth-order valence-corrected chi connectivity index (χ4v) is 9.94. The van der Waals surface area contributed by atoms with Gasteiger partial charge in [0.25, 0.3) is 17.7 Å². The van der Waals surface area contributed by atoms with Crippen LogP contribution in [0.2, 0.25) is 0 Å². The highest BCUT2D eigenvalue weighted by atomic mass is 16.5. The number of piperidine rings is 1. The largest absolute Gasteiger partial charge is 0.489 e. The lowest BCUT2D eigenvalue weighted by Gasteiger charge is -2.63. The molecule has 4 aliphatic rings. The van der Waals surface area contributed by atoms with Crippen LogP contribution in [0.15, 0.2) is 83.8 Å². The summed E-state index contributed by atoms with van der Waals surface area (Å²) in [6.07, 6.45) is 3.48. The van der Waals surface area contributed by atoms with Gasteiger partial charge in [-0.15, -0.1) is 0 Å². The summed E-state index contributed by atoms with van der Waals surface area (Å²) in [5.74, 6) is 0.495. The van der Waals surface area contributed by atoms with E-state index in [1.54, 1.807) is 12.1 Å². The topological polar surface area (TPSA) is 142 Å². The normalized spacial score (nSPS) is 21.6. The molecule has 3 aliphatic heterocycles. The maximum atomic E-state index is 13.5. The van der Waals surface area contributed by atoms with Crippen LogP contribution in [0.3, 0.4) is 0 Å². The molecule has 2 saturated heterocycles. The number of piperazine rings is 1. The Labute approximate surface area is 339 Å². The van der Waals surface area contributed by atoms with E-state index in [1.165, 1.54) is 18.3 Å². The summed E-state index contributed by atoms with van der Waals surface area (Å²) in [5.41, 5.74) is 4.44. The fourth-order valence-electron chi connectivity index (χ4n) is 9.94. The van der Waals surface area contributed by atoms with Crippen molar-refractivity contribution in [2.75, 3.05) is 60.5 Å². The third-order valence-electron chi connectivity index (χ3n) is 12.9. The quantitative estimate of drug-likeness (QED) is 0.196. The summed E-state index contributed by atoms with van der Waals surface area (Å²) in [4.78, 5) is 62.3. The number of amides is 3. The molecule has 1 aliphatic carbocycles. The Kier molecular flexibility index (Phi) is 10.1. The molecule has 300 valence electrons. The van der Waals surface area contributed by atoms with Gasteiger partial charge in [-0.25, -0.2) is 4.90 Å². The number of benzene rings is 3. The number of hydrogen-bond acceptors (Lipinski definition) is 9. The second-order valence-corrected chi connectivity index (χ2v) is 17.5. The van der Waals surface area contributed by atoms with Crippen molar-refractivity contribution >= 4 is 34.8 Å². The molecular weight excluding hydrogens is 731 g/mol. The number of carbonyl (C=O) groups excluding carboxylic acids is 3. The van der Waals surface area contributed by atoms with Crippen LogP contribution in [0.1, 0.15) is 82.7 Å². The van der Waals surface area contributed by atoms with Crippen molar-refractivity contribution in [2.45, 2.75) is 59.6 Å². The SMILES string of the molecule is Cc1cc(OC2C(C)(C)C(NC(=O)c3ccc(N4CCC(CN5CCN(c6ccc7c(c6)C(=O)N(c6ccc(=O)[nH]c6)C7=O)CC5)CC4)cc3)C2(C)C)ccc1C#N. The Hall–Kier alpha value is -5.93. The lowest BCUT2D eigenvalue weighted by atomic mass is 9.49. The Bertz CT molecular complexity index is 2310. The standard InChI is InChI=1S/C46H51N7O5/c1-29-24-36(13-8-32(29)26-47)58-44-45(2,3)43(46(44,4)5)49-40(55)31-6-9-33(10-7-31)51-18-16-30(17-19-51)28-50-20-22-52(23-21-50)34-11-14-37-38(25-34)42(57)53(41(37)56)35-12-15-39(54)48-27-35/h6-15,24-25,27,30,43-44H,16-23,28H2,1-5H3,(H,48,54)(H,49,55). The molecule has 3 fully saturated rings. The molecular formula is C46H51N7O5. The van der Waals surface area contributed by atoms with E-state index in [4.69, 9.17) is 4.74 Å². The fraction of sp³-hybridized carbons (Fsp3) is 0.413. The van der Waals surface area contributed by atoms with Crippen molar-refractivity contribution in [1.82, 2.24) is 15.2 Å². The van der Waals surface area contributed by atoms with E-state index in [1.807, 2.05) is 43.3 Å². The predicted octanol–water partition coefficient (Wildman–Crippen LogP) is 6.01. The lowest BCUT2D eigenvalue weighted by Crippen LogP contribution is -2.74. The van der Waals surface area contributed by atoms with Crippen LogP contribution in [0.5, 0.6) is 5.75 Å². The molecule has 0 unspecified atom stereocenters. The molecule has 0 bridgehead atoms. The first kappa shape index (κ1) is 38.9. The number of nitrogens with zero attached hydrogens (tertiary/aromatic N) is 5. The van der Waals surface area contributed by atoms with Crippen LogP contribution in [0, 0.1) is 35.0 Å². The number of nitrogens with one attached hydrogen (secondary N) is 2. The van der Waals surface area contributed by atoms with Gasteiger partial charge in [0.05, 0.1) is 28.4 Å². The van der Waals surface area contributed by atoms with Crippen LogP contribution in [0.4, 0.5) is 17.1 Å². The summed E-state index contributed by atoms with van der Waals surface area (Å²) in [6.45, 7) is 17.0. The molecule has 58 heavy (non-hydrogen) atoms. The number of pyridine rings is 1. The molecule has 4 aromatic rings. The maximum absolute atomic E-state index is 13.5. The molecule has 0 radical (unpaired) electrons. The highest BCUT2D eigenvalue weighted by Gasteiger charge is 2.64. The second kappa shape index (κ2) is 15.1. The van der Waals surface area contributed by atoms with E-state index in [0.717, 1.165) is 86.2 Å². The number of rotatable bonds is 9. The number of aromatic amines is 1. The van der Waals surface area contributed by atoms with Gasteiger partial charge in [0.2, 0.25) is 5.56 Å². The second-order valence-electron chi connectivity index (χ2n) is 17.5. The zero-order valence-corrected chi connectivity index (χ0v) is 33.9. The molecule has 12 heteroatoms. The average Bonchev–Trinajstić information content (AvgIpc) is 3.47. The summed E-state index contributed by atoms with van der Waals surface area (Å²) >= 11 is 0. The third kappa shape index (κ3) is 7.13. The molecule has 8 rings (SSSR count). The molecule has 1 aromatic heterocycles. The number of hydrogen-bond donors (Lipinski definition) is 2. The smallest absolute Gasteiger partial charge is 0.266 e. The highest BCUT2D eigenvalue weighted by molar-refractivity contribution is 6.34. The molecule has 4 heterocycles. The third-order valence-corrected chi connectivity index (χ3v) is 12.9. The van der Waals surface area contributed by atoms with Crippen molar-refractivity contribution in [3.8, 4) is 11.8 Å². The molecule has 1 saturated carbocycles. The first-order chi connectivity index (χ1) is 27.7. The highest BCUT2D eigenvalue weighted by Crippen LogP contribution is 2.55. The summed E-state index contributed by atoms with van der Waals surface area (Å²) in [5, 5.41) is 12.6. The number of ether oxygens (including phenoxy) is 1. The van der Waals surface area contributed by atoms with E-state index >= 15 is 0 Å². The monoisotopic (exact) mass is 781 g/mol. The Balaban J connectivity index is 0.794. The minimum atomic E-state index is -0.384. The van der Waals surface area contributed by atoms with Gasteiger partial charge in [-0.3, -0.25) is 24.1 Å². The van der Waals surface area contributed by atoms with Crippen molar-refractivity contribution in [3.63, 3.8) is 0 Å². The molecule has 3 aromatic carbocycles. The first-order valence-electron chi connectivity index (χ1n) is 20.3. The number of aryl methyl sites for hydroxylation is 1. The zero-order chi connectivity index (χ0) is 40.9. The van der Waals surface area contributed by atoms with E-state index in [0.29, 0.717) is 33.9 Å². The number of nitriles is 1. The number of carbonyl (C=O) groups is 3. The average molecular weight is 782 g/mol. The summed E-state index contributed by atoms with van der Waals surface area (Å²) in [6, 6.07) is 23.9. The first-order valence-corrected chi connectivity index (χ1v) is 20.3. The minimum absolute atomic E-state index is 0.0850. The molecule has 2 N–H and O–H groups in total. The van der Waals surface area contributed by atoms with Crippen LogP contribution < -0.4 is 30.3 Å². The van der Waals surface area contributed by atoms with Crippen LogP contribution >= 0.6 is 0 Å². The lowest BCUT2D eigenvalue weighted by molar-refractivity contribution is -0.164. The van der Waals surface area contributed by atoms with Gasteiger partial charge in [0, 0.05) is 91.9 Å². The minimum Gasteiger partial charge on any atom is -0.489 e. The van der Waals surface area contributed by atoms with Crippen LogP contribution in [-0.4, -0.2) is 85.6 Å². The number of aromatic nitrogens is 1. The Morgan fingerprint density at radius 1 is 0.793 bits per heavy atom. The van der Waals surface area contributed by atoms with Gasteiger partial charge in [-0.1, -0.05) is 27.7 Å². The van der Waals surface area contributed by atoms with Crippen molar-refractivity contribution < 1.29 is 19.1 Å². The molecule has 0 atom stereocenters. The number of anilines is 3. The van der Waals surface area contributed by atoms with Crippen LogP contribution in [0.25, 0.3) is 0 Å². The zero-order valence-electron chi connectivity index (χ0n) is 33.9. The van der Waals surface area contributed by atoms with E-state index in [9.17, 15) is 24.4 Å². The van der Waals surface area contributed by atoms with Gasteiger partial charge >= 0.3 is 0 Å². The molecule has 12 nitrogen and oxygen atoms in total. The summed E-state index contributed by atoms with van der Waals surface area (Å²) < 4.78 is 6.47. The van der Waals surface area contributed by atoms with Gasteiger partial charge in [-0.2, -0.15) is 5.26 Å². The van der Waals surface area contributed by atoms with E-state index in [2.05, 4.69) is 70.9 Å². The van der Waals surface area contributed by atoms with Crippen molar-refractivity contribution in [3.05, 3.63) is 117 Å². The van der Waals surface area contributed by atoms with Crippen LogP contribution in [-0.2, 0) is 0 Å². The summed E-state index contributed by atoms with van der Waals surface area (Å²) in [7, 11) is 0. The van der Waals surface area contributed by atoms with E-state index < -0.39 is 0 Å². The van der Waals surface area contributed by atoms with Crippen molar-refractivity contribution in [2.24, 2.45) is 16.7 Å². The number of imide groups is 1.